The summed E-state index contributed by atoms with van der Waals surface area (Å²) in [6.45, 7) is 5.81. The van der Waals surface area contributed by atoms with Crippen molar-refractivity contribution in [3.8, 4) is 0 Å². The predicted octanol–water partition coefficient (Wildman–Crippen LogP) is 1.90. The van der Waals surface area contributed by atoms with E-state index >= 15 is 0 Å². The molecule has 30 heavy (non-hydrogen) atoms. The van der Waals surface area contributed by atoms with E-state index in [0.29, 0.717) is 31.9 Å². The molecule has 8 heteroatoms. The molecule has 8 nitrogen and oxygen atoms in total. The molecular weight excluding hydrogens is 382 g/mol. The third-order valence-corrected chi connectivity index (χ3v) is 5.66. The van der Waals surface area contributed by atoms with Crippen LogP contribution in [-0.4, -0.2) is 71.4 Å². The number of aryl methyl sites for hydroxylation is 1. The van der Waals surface area contributed by atoms with Gasteiger partial charge in [-0.3, -0.25) is 19.4 Å². The van der Waals surface area contributed by atoms with Crippen molar-refractivity contribution in [2.45, 2.75) is 19.9 Å². The number of rotatable bonds is 4. The largest absolute Gasteiger partial charge is 0.353 e. The monoisotopic (exact) mass is 407 g/mol. The first-order valence-corrected chi connectivity index (χ1v) is 10.1. The summed E-state index contributed by atoms with van der Waals surface area (Å²) < 4.78 is 0. The van der Waals surface area contributed by atoms with Crippen LogP contribution in [0.1, 0.15) is 12.5 Å². The summed E-state index contributed by atoms with van der Waals surface area (Å²) in [6, 6.07) is 12.1. The number of pyridine rings is 1. The average molecular weight is 407 g/mol. The second kappa shape index (κ2) is 8.14. The average Bonchev–Trinajstić information content (AvgIpc) is 2.98. The number of imide groups is 1. The van der Waals surface area contributed by atoms with Crippen LogP contribution in [0.15, 0.2) is 48.7 Å². The Balaban J connectivity index is 1.39. The number of hydrogen-bond donors (Lipinski definition) is 0. The number of anilines is 2. The quantitative estimate of drug-likeness (QED) is 0.724. The summed E-state index contributed by atoms with van der Waals surface area (Å²) in [5.74, 6) is 0.327. The van der Waals surface area contributed by atoms with E-state index in [9.17, 15) is 14.4 Å². The van der Waals surface area contributed by atoms with Gasteiger partial charge in [0.25, 0.3) is 5.91 Å². The van der Waals surface area contributed by atoms with Crippen LogP contribution in [-0.2, 0) is 9.59 Å². The van der Waals surface area contributed by atoms with Crippen molar-refractivity contribution in [2.24, 2.45) is 0 Å². The standard InChI is InChI=1S/C22H25N5O3/c1-16-6-8-18(9-7-16)27-17(2)21(29)26(22(27)30)15-20(28)25-13-11-24(12-14-25)19-5-3-4-10-23-19/h3-10,17H,11-15H2,1-2H3/t17-/m0/s1. The van der Waals surface area contributed by atoms with Gasteiger partial charge in [-0.05, 0) is 38.1 Å². The Morgan fingerprint density at radius 3 is 2.37 bits per heavy atom. The highest BCUT2D eigenvalue weighted by Gasteiger charge is 2.44. The van der Waals surface area contributed by atoms with Crippen molar-refractivity contribution >= 4 is 29.4 Å². The van der Waals surface area contributed by atoms with Crippen LogP contribution in [0.5, 0.6) is 0 Å². The molecule has 0 spiro atoms. The molecule has 2 aliphatic rings. The Morgan fingerprint density at radius 1 is 1.03 bits per heavy atom. The van der Waals surface area contributed by atoms with Gasteiger partial charge in [-0.2, -0.15) is 0 Å². The van der Waals surface area contributed by atoms with Crippen LogP contribution in [0.25, 0.3) is 0 Å². The smallest absolute Gasteiger partial charge is 0.332 e. The van der Waals surface area contributed by atoms with Crippen LogP contribution in [0.2, 0.25) is 0 Å². The first kappa shape index (κ1) is 19.9. The van der Waals surface area contributed by atoms with E-state index in [4.69, 9.17) is 0 Å². The Hall–Kier alpha value is -3.42. The van der Waals surface area contributed by atoms with Gasteiger partial charge >= 0.3 is 6.03 Å². The minimum atomic E-state index is -0.631. The predicted molar refractivity (Wildman–Crippen MR) is 113 cm³/mol. The summed E-state index contributed by atoms with van der Waals surface area (Å²) in [5, 5.41) is 0. The van der Waals surface area contributed by atoms with Gasteiger partial charge in [0.1, 0.15) is 18.4 Å². The zero-order valence-electron chi connectivity index (χ0n) is 17.2. The Morgan fingerprint density at radius 2 is 1.73 bits per heavy atom. The van der Waals surface area contributed by atoms with Crippen LogP contribution >= 0.6 is 0 Å². The molecule has 1 aromatic heterocycles. The van der Waals surface area contributed by atoms with Crippen molar-refractivity contribution in [1.29, 1.82) is 0 Å². The molecule has 0 N–H and O–H groups in total. The second-order valence-electron chi connectivity index (χ2n) is 7.64. The van der Waals surface area contributed by atoms with Crippen molar-refractivity contribution in [3.05, 3.63) is 54.2 Å². The number of aromatic nitrogens is 1. The maximum Gasteiger partial charge on any atom is 0.332 e. The fourth-order valence-electron chi connectivity index (χ4n) is 3.87. The van der Waals surface area contributed by atoms with Crippen molar-refractivity contribution in [2.75, 3.05) is 42.5 Å². The molecule has 0 saturated carbocycles. The maximum absolute atomic E-state index is 12.9. The lowest BCUT2D eigenvalue weighted by molar-refractivity contribution is -0.137. The molecule has 2 aromatic rings. The van der Waals surface area contributed by atoms with Gasteiger partial charge in [0, 0.05) is 38.1 Å². The summed E-state index contributed by atoms with van der Waals surface area (Å²) >= 11 is 0. The third-order valence-electron chi connectivity index (χ3n) is 5.66. The molecule has 0 radical (unpaired) electrons. The Kier molecular flexibility index (Phi) is 5.39. The topological polar surface area (TPSA) is 77.1 Å². The highest BCUT2D eigenvalue weighted by atomic mass is 16.2. The van der Waals surface area contributed by atoms with Crippen molar-refractivity contribution in [1.82, 2.24) is 14.8 Å². The molecule has 0 bridgehead atoms. The van der Waals surface area contributed by atoms with E-state index in [0.717, 1.165) is 16.3 Å². The van der Waals surface area contributed by atoms with Crippen LogP contribution in [0.3, 0.4) is 0 Å². The van der Waals surface area contributed by atoms with E-state index in [1.54, 1.807) is 18.0 Å². The van der Waals surface area contributed by atoms with Gasteiger partial charge < -0.3 is 9.80 Å². The fourth-order valence-corrected chi connectivity index (χ4v) is 3.87. The molecule has 156 valence electrons. The van der Waals surface area contributed by atoms with Crippen molar-refractivity contribution < 1.29 is 14.4 Å². The highest BCUT2D eigenvalue weighted by Crippen LogP contribution is 2.26. The highest BCUT2D eigenvalue weighted by molar-refractivity contribution is 6.15. The molecule has 0 unspecified atom stereocenters. The number of carbonyl (C=O) groups excluding carboxylic acids is 3. The molecule has 4 rings (SSSR count). The molecule has 2 saturated heterocycles. The number of piperazine rings is 1. The van der Waals surface area contributed by atoms with Gasteiger partial charge in [-0.25, -0.2) is 9.78 Å². The number of benzene rings is 1. The number of hydrogen-bond acceptors (Lipinski definition) is 5. The summed E-state index contributed by atoms with van der Waals surface area (Å²) in [6.07, 6.45) is 1.75. The normalized spacial score (nSPS) is 19.6. The lowest BCUT2D eigenvalue weighted by Crippen LogP contribution is -2.52. The zero-order valence-corrected chi connectivity index (χ0v) is 17.2. The first-order valence-electron chi connectivity index (χ1n) is 10.1. The molecule has 3 heterocycles. The minimum absolute atomic E-state index is 0.213. The number of amides is 4. The van der Waals surface area contributed by atoms with Crippen LogP contribution < -0.4 is 9.80 Å². The van der Waals surface area contributed by atoms with Gasteiger partial charge in [0.2, 0.25) is 5.91 Å². The minimum Gasteiger partial charge on any atom is -0.353 e. The van der Waals surface area contributed by atoms with E-state index in [2.05, 4.69) is 9.88 Å². The molecule has 1 aromatic carbocycles. The Bertz CT molecular complexity index is 939. The van der Waals surface area contributed by atoms with Gasteiger partial charge in [0.05, 0.1) is 0 Å². The third kappa shape index (κ3) is 3.72. The Labute approximate surface area is 175 Å². The zero-order chi connectivity index (χ0) is 21.3. The van der Waals surface area contributed by atoms with E-state index < -0.39 is 12.1 Å². The molecule has 2 fully saturated rings. The van der Waals surface area contributed by atoms with Gasteiger partial charge in [-0.15, -0.1) is 0 Å². The van der Waals surface area contributed by atoms with E-state index in [-0.39, 0.29) is 18.4 Å². The molecule has 0 aliphatic carbocycles. The SMILES string of the molecule is Cc1ccc(N2C(=O)N(CC(=O)N3CCN(c4ccccn4)CC3)C(=O)[C@@H]2C)cc1. The maximum atomic E-state index is 12.9. The molecular formula is C22H25N5O3. The molecule has 2 aliphatic heterocycles. The number of nitrogens with zero attached hydrogens (tertiary/aromatic N) is 5. The molecule has 4 amide bonds. The van der Waals surface area contributed by atoms with Crippen molar-refractivity contribution in [3.63, 3.8) is 0 Å². The lowest BCUT2D eigenvalue weighted by atomic mass is 10.2. The molecule has 1 atom stereocenters. The number of carbonyl (C=O) groups is 3. The van der Waals surface area contributed by atoms with E-state index in [1.807, 2.05) is 49.4 Å². The fraction of sp³-hybridized carbons (Fsp3) is 0.364. The van der Waals surface area contributed by atoms with E-state index in [1.165, 1.54) is 4.90 Å². The van der Waals surface area contributed by atoms with Gasteiger partial charge in [0.15, 0.2) is 0 Å². The summed E-state index contributed by atoms with van der Waals surface area (Å²) in [7, 11) is 0. The van der Waals surface area contributed by atoms with Crippen LogP contribution in [0, 0.1) is 6.92 Å². The summed E-state index contributed by atoms with van der Waals surface area (Å²) in [5.41, 5.74) is 1.73. The lowest BCUT2D eigenvalue weighted by Gasteiger charge is -2.35. The first-order chi connectivity index (χ1) is 14.5. The number of urea groups is 1. The van der Waals surface area contributed by atoms with Gasteiger partial charge in [-0.1, -0.05) is 23.8 Å². The second-order valence-corrected chi connectivity index (χ2v) is 7.64. The summed E-state index contributed by atoms with van der Waals surface area (Å²) in [4.78, 5) is 49.1. The van der Waals surface area contributed by atoms with Crippen LogP contribution in [0.4, 0.5) is 16.3 Å².